The highest BCUT2D eigenvalue weighted by atomic mass is 35.5. The first-order valence-electron chi connectivity index (χ1n) is 8.61. The molecule has 26 heavy (non-hydrogen) atoms. The van der Waals surface area contributed by atoms with E-state index in [2.05, 4.69) is 5.32 Å². The summed E-state index contributed by atoms with van der Waals surface area (Å²) in [5.41, 5.74) is 7.88. The number of amides is 2. The van der Waals surface area contributed by atoms with Gasteiger partial charge >= 0.3 is 0 Å². The van der Waals surface area contributed by atoms with Crippen LogP contribution in [0.25, 0.3) is 0 Å². The van der Waals surface area contributed by atoms with Crippen molar-refractivity contribution in [3.63, 3.8) is 0 Å². The lowest BCUT2D eigenvalue weighted by Gasteiger charge is -2.32. The van der Waals surface area contributed by atoms with Gasteiger partial charge < -0.3 is 16.0 Å². The topological polar surface area (TPSA) is 75.4 Å². The van der Waals surface area contributed by atoms with Crippen molar-refractivity contribution in [3.05, 3.63) is 66.2 Å². The maximum absolute atomic E-state index is 12.7. The van der Waals surface area contributed by atoms with E-state index in [-0.39, 0.29) is 36.7 Å². The molecule has 0 aliphatic carbocycles. The molecule has 6 heteroatoms. The van der Waals surface area contributed by atoms with Gasteiger partial charge in [0.25, 0.3) is 0 Å². The van der Waals surface area contributed by atoms with Crippen molar-refractivity contribution in [2.75, 3.05) is 11.4 Å². The molecule has 2 aromatic carbocycles. The normalized spacial score (nSPS) is 18.0. The van der Waals surface area contributed by atoms with E-state index in [1.54, 1.807) is 4.90 Å². The number of anilines is 1. The molecule has 3 N–H and O–H groups in total. The molecule has 1 aliphatic heterocycles. The lowest BCUT2D eigenvalue weighted by molar-refractivity contribution is -0.128. The summed E-state index contributed by atoms with van der Waals surface area (Å²) >= 11 is 0. The number of benzene rings is 2. The van der Waals surface area contributed by atoms with E-state index in [1.165, 1.54) is 0 Å². The summed E-state index contributed by atoms with van der Waals surface area (Å²) in [5, 5.41) is 2.86. The van der Waals surface area contributed by atoms with Crippen molar-refractivity contribution in [3.8, 4) is 0 Å². The summed E-state index contributed by atoms with van der Waals surface area (Å²) in [4.78, 5) is 26.8. The van der Waals surface area contributed by atoms with Gasteiger partial charge in [0, 0.05) is 24.7 Å². The Morgan fingerprint density at radius 1 is 1.12 bits per heavy atom. The minimum Gasteiger partial charge on any atom is -0.344 e. The number of nitrogens with two attached hydrogens (primary N) is 1. The summed E-state index contributed by atoms with van der Waals surface area (Å²) in [6, 6.07) is 18.2. The van der Waals surface area contributed by atoms with Crippen molar-refractivity contribution < 1.29 is 9.59 Å². The maximum Gasteiger partial charge on any atom is 0.249 e. The fourth-order valence-corrected chi connectivity index (χ4v) is 3.14. The molecule has 2 amide bonds. The monoisotopic (exact) mass is 373 g/mol. The Kier molecular flexibility index (Phi) is 7.18. The quantitative estimate of drug-likeness (QED) is 0.846. The first-order chi connectivity index (χ1) is 12.1. The third-order valence-electron chi connectivity index (χ3n) is 4.47. The molecule has 0 spiro atoms. The smallest absolute Gasteiger partial charge is 0.249 e. The van der Waals surface area contributed by atoms with Crippen LogP contribution >= 0.6 is 12.4 Å². The Hall–Kier alpha value is -2.37. The van der Waals surface area contributed by atoms with Gasteiger partial charge in [0.2, 0.25) is 11.8 Å². The van der Waals surface area contributed by atoms with Gasteiger partial charge in [-0.2, -0.15) is 0 Å². The number of nitrogens with one attached hydrogen (secondary N) is 1. The summed E-state index contributed by atoms with van der Waals surface area (Å²) in [5.74, 6) is -0.247. The van der Waals surface area contributed by atoms with E-state index >= 15 is 0 Å². The molecule has 1 heterocycles. The molecule has 0 aromatic heterocycles. The predicted molar refractivity (Wildman–Crippen MR) is 105 cm³/mol. The Bertz CT molecular complexity index is 724. The zero-order chi connectivity index (χ0) is 17.6. The third-order valence-corrected chi connectivity index (χ3v) is 4.47. The summed E-state index contributed by atoms with van der Waals surface area (Å²) in [6.07, 6.45) is 1.68. The number of carbonyl (C=O) groups is 2. The van der Waals surface area contributed by atoms with Crippen molar-refractivity contribution in [1.82, 2.24) is 5.32 Å². The highest BCUT2D eigenvalue weighted by Crippen LogP contribution is 2.21. The Labute approximate surface area is 160 Å². The Morgan fingerprint density at radius 2 is 1.73 bits per heavy atom. The number of carbonyl (C=O) groups excluding carboxylic acids is 2. The molecule has 2 unspecified atom stereocenters. The van der Waals surface area contributed by atoms with Crippen LogP contribution in [0.2, 0.25) is 0 Å². The average Bonchev–Trinajstić information content (AvgIpc) is 2.65. The molecule has 3 rings (SSSR count). The van der Waals surface area contributed by atoms with Gasteiger partial charge in [-0.05, 0) is 30.5 Å². The van der Waals surface area contributed by atoms with Crippen LogP contribution in [0, 0.1) is 0 Å². The lowest BCUT2D eigenvalue weighted by atomic mass is 10.0. The van der Waals surface area contributed by atoms with Gasteiger partial charge in [-0.3, -0.25) is 9.59 Å². The first kappa shape index (κ1) is 19.9. The highest BCUT2D eigenvalue weighted by Gasteiger charge is 2.30. The van der Waals surface area contributed by atoms with Crippen molar-refractivity contribution in [1.29, 1.82) is 0 Å². The van der Waals surface area contributed by atoms with E-state index in [4.69, 9.17) is 5.73 Å². The van der Waals surface area contributed by atoms with Crippen molar-refractivity contribution >= 4 is 29.9 Å². The highest BCUT2D eigenvalue weighted by molar-refractivity contribution is 5.99. The number of para-hydroxylation sites is 1. The lowest BCUT2D eigenvalue weighted by Crippen LogP contribution is -2.52. The van der Waals surface area contributed by atoms with Gasteiger partial charge in [0.1, 0.15) is 6.04 Å². The second-order valence-electron chi connectivity index (χ2n) is 6.31. The molecule has 138 valence electrons. The third kappa shape index (κ3) is 4.84. The van der Waals surface area contributed by atoms with Crippen LogP contribution < -0.4 is 16.0 Å². The van der Waals surface area contributed by atoms with Crippen molar-refractivity contribution in [2.24, 2.45) is 5.73 Å². The van der Waals surface area contributed by atoms with E-state index < -0.39 is 6.04 Å². The summed E-state index contributed by atoms with van der Waals surface area (Å²) < 4.78 is 0. The van der Waals surface area contributed by atoms with Crippen LogP contribution in [0.4, 0.5) is 5.69 Å². The second kappa shape index (κ2) is 9.36. The number of halogens is 1. The first-order valence-corrected chi connectivity index (χ1v) is 8.61. The van der Waals surface area contributed by atoms with Crippen LogP contribution in [0.3, 0.4) is 0 Å². The summed E-state index contributed by atoms with van der Waals surface area (Å²) in [7, 11) is 0. The largest absolute Gasteiger partial charge is 0.344 e. The molecule has 0 saturated carbocycles. The van der Waals surface area contributed by atoms with Gasteiger partial charge in [0.15, 0.2) is 0 Å². The Balaban J connectivity index is 0.00000243. The van der Waals surface area contributed by atoms with E-state index in [1.807, 2.05) is 60.7 Å². The minimum absolute atomic E-state index is 0. The fraction of sp³-hybridized carbons (Fsp3) is 0.300. The molecule has 2 aromatic rings. The minimum atomic E-state index is -0.482. The van der Waals surface area contributed by atoms with Gasteiger partial charge in [-0.15, -0.1) is 12.4 Å². The molecule has 2 atom stereocenters. The Morgan fingerprint density at radius 3 is 2.38 bits per heavy atom. The molecular formula is C20H24ClN3O2. The second-order valence-corrected chi connectivity index (χ2v) is 6.31. The number of nitrogens with zero attached hydrogens (tertiary/aromatic N) is 1. The van der Waals surface area contributed by atoms with Crippen LogP contribution in [0.5, 0.6) is 0 Å². The van der Waals surface area contributed by atoms with Crippen molar-refractivity contribution in [2.45, 2.75) is 31.3 Å². The van der Waals surface area contributed by atoms with Crippen LogP contribution in [0.1, 0.15) is 30.9 Å². The molecule has 1 saturated heterocycles. The molecule has 1 fully saturated rings. The molecule has 0 bridgehead atoms. The molecule has 5 nitrogen and oxygen atoms in total. The average molecular weight is 374 g/mol. The number of hydrogen-bond donors (Lipinski definition) is 2. The van der Waals surface area contributed by atoms with Gasteiger partial charge in [-0.25, -0.2) is 0 Å². The maximum atomic E-state index is 12.7. The number of hydrogen-bond acceptors (Lipinski definition) is 3. The van der Waals surface area contributed by atoms with E-state index in [0.29, 0.717) is 13.0 Å². The van der Waals surface area contributed by atoms with E-state index in [9.17, 15) is 9.59 Å². The fourth-order valence-electron chi connectivity index (χ4n) is 3.14. The standard InChI is InChI=1S/C20H23N3O2.ClH/c21-17(15-8-3-1-4-9-15)14-19(24)22-18-12-7-13-23(20(18)25)16-10-5-2-6-11-16;/h1-6,8-11,17-18H,7,12-14,21H2,(H,22,24);1H. The molecule has 0 radical (unpaired) electrons. The summed E-state index contributed by atoms with van der Waals surface area (Å²) in [6.45, 7) is 0.679. The predicted octanol–water partition coefficient (Wildman–Crippen LogP) is 2.81. The zero-order valence-electron chi connectivity index (χ0n) is 14.5. The van der Waals surface area contributed by atoms with Crippen LogP contribution in [0.15, 0.2) is 60.7 Å². The van der Waals surface area contributed by atoms with Gasteiger partial charge in [-0.1, -0.05) is 48.5 Å². The molecular weight excluding hydrogens is 350 g/mol. The van der Waals surface area contributed by atoms with E-state index in [0.717, 1.165) is 17.7 Å². The number of rotatable bonds is 5. The van der Waals surface area contributed by atoms with Crippen LogP contribution in [-0.4, -0.2) is 24.4 Å². The van der Waals surface area contributed by atoms with Crippen LogP contribution in [-0.2, 0) is 9.59 Å². The zero-order valence-corrected chi connectivity index (χ0v) is 15.3. The molecule has 1 aliphatic rings. The SMILES string of the molecule is Cl.NC(CC(=O)NC1CCCN(c2ccccc2)C1=O)c1ccccc1. The number of piperidine rings is 1. The van der Waals surface area contributed by atoms with Gasteiger partial charge in [0.05, 0.1) is 0 Å².